The zero-order chi connectivity index (χ0) is 18.6. The summed E-state index contributed by atoms with van der Waals surface area (Å²) in [5, 5.41) is 6.96. The minimum absolute atomic E-state index is 0.134. The van der Waals surface area contributed by atoms with Gasteiger partial charge in [0.15, 0.2) is 5.58 Å². The Hall–Kier alpha value is -3.26. The van der Waals surface area contributed by atoms with Crippen molar-refractivity contribution in [2.24, 2.45) is 0 Å². The van der Waals surface area contributed by atoms with Gasteiger partial charge < -0.3 is 13.7 Å². The Labute approximate surface area is 158 Å². The van der Waals surface area contributed by atoms with Crippen molar-refractivity contribution >= 4 is 34.7 Å². The van der Waals surface area contributed by atoms with Crippen molar-refractivity contribution in [2.75, 3.05) is 18.2 Å². The van der Waals surface area contributed by atoms with Crippen LogP contribution in [0.1, 0.15) is 0 Å². The second kappa shape index (κ2) is 7.55. The van der Waals surface area contributed by atoms with Crippen LogP contribution in [0.3, 0.4) is 0 Å². The highest BCUT2D eigenvalue weighted by Crippen LogP contribution is 2.29. The van der Waals surface area contributed by atoms with Gasteiger partial charge in [0, 0.05) is 0 Å². The van der Waals surface area contributed by atoms with Crippen LogP contribution in [0.2, 0.25) is 0 Å². The Morgan fingerprint density at radius 2 is 2.00 bits per heavy atom. The third kappa shape index (κ3) is 3.80. The first-order chi connectivity index (χ1) is 13.2. The van der Waals surface area contributed by atoms with E-state index in [2.05, 4.69) is 15.5 Å². The summed E-state index contributed by atoms with van der Waals surface area (Å²) >= 11 is 1.21. The molecule has 0 saturated carbocycles. The van der Waals surface area contributed by atoms with E-state index < -0.39 is 0 Å². The highest BCUT2D eigenvalue weighted by atomic mass is 32.2. The smallest absolute Gasteiger partial charge is 0.257 e. The average molecular weight is 381 g/mol. The fourth-order valence-corrected chi connectivity index (χ4v) is 3.15. The van der Waals surface area contributed by atoms with E-state index in [-0.39, 0.29) is 11.7 Å². The number of fused-ring (bicyclic) bond motifs is 1. The number of hydrogen-bond donors (Lipinski definition) is 1. The predicted octanol–water partition coefficient (Wildman–Crippen LogP) is 4.22. The molecule has 27 heavy (non-hydrogen) atoms. The number of rotatable bonds is 6. The lowest BCUT2D eigenvalue weighted by atomic mass is 10.1. The van der Waals surface area contributed by atoms with Gasteiger partial charge in [-0.2, -0.15) is 0 Å². The standard InChI is InChI=1S/C19H15N3O4S/c1-24-13-8-6-12(7-9-13)14-10-20-26-18(14)22-17(23)11-27-19-21-15-4-2-3-5-16(15)25-19/h2-10H,11H2,1H3,(H,22,23). The Morgan fingerprint density at radius 1 is 1.19 bits per heavy atom. The number of amides is 1. The number of carbonyl (C=O) groups is 1. The van der Waals surface area contributed by atoms with E-state index in [0.29, 0.717) is 22.3 Å². The molecule has 0 aliphatic heterocycles. The van der Waals surface area contributed by atoms with Gasteiger partial charge in [-0.05, 0) is 29.8 Å². The second-order valence-corrected chi connectivity index (χ2v) is 6.51. The number of nitrogens with one attached hydrogen (secondary N) is 1. The molecule has 7 nitrogen and oxygen atoms in total. The SMILES string of the molecule is COc1ccc(-c2cnoc2NC(=O)CSc2nc3ccccc3o2)cc1. The van der Waals surface area contributed by atoms with Crippen molar-refractivity contribution < 1.29 is 18.5 Å². The molecule has 0 fully saturated rings. The van der Waals surface area contributed by atoms with Crippen molar-refractivity contribution in [1.29, 1.82) is 0 Å². The number of aromatic nitrogens is 2. The molecule has 0 bridgehead atoms. The summed E-state index contributed by atoms with van der Waals surface area (Å²) in [5.74, 6) is 0.933. The lowest BCUT2D eigenvalue weighted by molar-refractivity contribution is -0.113. The molecule has 2 aromatic heterocycles. The number of oxazole rings is 1. The van der Waals surface area contributed by atoms with Gasteiger partial charge >= 0.3 is 0 Å². The van der Waals surface area contributed by atoms with Gasteiger partial charge in [0.1, 0.15) is 11.3 Å². The maximum absolute atomic E-state index is 12.3. The molecule has 0 spiro atoms. The Balaban J connectivity index is 1.41. The zero-order valence-corrected chi connectivity index (χ0v) is 15.2. The maximum Gasteiger partial charge on any atom is 0.257 e. The van der Waals surface area contributed by atoms with E-state index >= 15 is 0 Å². The summed E-state index contributed by atoms with van der Waals surface area (Å²) in [6.45, 7) is 0. The summed E-state index contributed by atoms with van der Waals surface area (Å²) in [4.78, 5) is 16.6. The maximum atomic E-state index is 12.3. The number of hydrogen-bond acceptors (Lipinski definition) is 7. The number of carbonyl (C=O) groups excluding carboxylic acids is 1. The lowest BCUT2D eigenvalue weighted by Gasteiger charge is -2.04. The fraction of sp³-hybridized carbons (Fsp3) is 0.105. The van der Waals surface area contributed by atoms with Crippen LogP contribution in [0.5, 0.6) is 5.75 Å². The molecular formula is C19H15N3O4S. The van der Waals surface area contributed by atoms with Gasteiger partial charge in [-0.1, -0.05) is 41.2 Å². The molecule has 0 radical (unpaired) electrons. The summed E-state index contributed by atoms with van der Waals surface area (Å²) in [6, 6.07) is 14.9. The van der Waals surface area contributed by atoms with Crippen molar-refractivity contribution in [3.05, 3.63) is 54.7 Å². The molecule has 4 aromatic rings. The van der Waals surface area contributed by atoms with E-state index in [1.54, 1.807) is 13.3 Å². The van der Waals surface area contributed by atoms with Gasteiger partial charge in [-0.25, -0.2) is 4.98 Å². The number of ether oxygens (including phenoxy) is 1. The van der Waals surface area contributed by atoms with Gasteiger partial charge in [0.25, 0.3) is 5.22 Å². The van der Waals surface area contributed by atoms with Crippen molar-refractivity contribution in [2.45, 2.75) is 5.22 Å². The van der Waals surface area contributed by atoms with Crippen LogP contribution in [-0.4, -0.2) is 28.9 Å². The Kier molecular flexibility index (Phi) is 4.80. The molecule has 0 aliphatic carbocycles. The normalized spacial score (nSPS) is 10.9. The van der Waals surface area contributed by atoms with Crippen molar-refractivity contribution in [3.8, 4) is 16.9 Å². The van der Waals surface area contributed by atoms with E-state index in [9.17, 15) is 4.79 Å². The van der Waals surface area contributed by atoms with Gasteiger partial charge in [-0.3, -0.25) is 10.1 Å². The first kappa shape index (κ1) is 17.2. The first-order valence-electron chi connectivity index (χ1n) is 8.10. The summed E-state index contributed by atoms with van der Waals surface area (Å²) < 4.78 is 15.9. The van der Waals surface area contributed by atoms with Crippen LogP contribution in [0.4, 0.5) is 5.88 Å². The summed E-state index contributed by atoms with van der Waals surface area (Å²) in [5.41, 5.74) is 3.01. The largest absolute Gasteiger partial charge is 0.497 e. The lowest BCUT2D eigenvalue weighted by Crippen LogP contribution is -2.14. The molecule has 0 saturated heterocycles. The number of thioether (sulfide) groups is 1. The van der Waals surface area contributed by atoms with Crippen LogP contribution in [0, 0.1) is 0 Å². The molecule has 0 unspecified atom stereocenters. The quantitative estimate of drug-likeness (QED) is 0.500. The van der Waals surface area contributed by atoms with E-state index in [1.807, 2.05) is 48.5 Å². The molecule has 0 atom stereocenters. The number of para-hydroxylation sites is 2. The highest BCUT2D eigenvalue weighted by Gasteiger charge is 2.15. The van der Waals surface area contributed by atoms with Crippen LogP contribution in [0.15, 0.2) is 68.9 Å². The molecule has 4 rings (SSSR count). The van der Waals surface area contributed by atoms with Gasteiger partial charge in [-0.15, -0.1) is 0 Å². The first-order valence-corrected chi connectivity index (χ1v) is 9.09. The number of anilines is 1. The second-order valence-electron chi connectivity index (χ2n) is 5.58. The van der Waals surface area contributed by atoms with Crippen molar-refractivity contribution in [3.63, 3.8) is 0 Å². The van der Waals surface area contributed by atoms with Crippen LogP contribution in [-0.2, 0) is 4.79 Å². The molecule has 2 aromatic carbocycles. The van der Waals surface area contributed by atoms with Gasteiger partial charge in [0.05, 0.1) is 24.6 Å². The molecule has 1 amide bonds. The van der Waals surface area contributed by atoms with Crippen LogP contribution < -0.4 is 10.1 Å². The topological polar surface area (TPSA) is 90.4 Å². The summed E-state index contributed by atoms with van der Waals surface area (Å²) in [7, 11) is 1.61. The number of methoxy groups -OCH3 is 1. The molecule has 1 N–H and O–H groups in total. The molecule has 8 heteroatoms. The van der Waals surface area contributed by atoms with Gasteiger partial charge in [0.2, 0.25) is 11.8 Å². The third-order valence-electron chi connectivity index (χ3n) is 3.83. The number of benzene rings is 2. The summed E-state index contributed by atoms with van der Waals surface area (Å²) in [6.07, 6.45) is 1.56. The zero-order valence-electron chi connectivity index (χ0n) is 14.3. The Bertz CT molecular complexity index is 1040. The Morgan fingerprint density at radius 3 is 2.78 bits per heavy atom. The molecule has 136 valence electrons. The minimum Gasteiger partial charge on any atom is -0.497 e. The molecule has 0 aliphatic rings. The van der Waals surface area contributed by atoms with E-state index in [1.165, 1.54) is 11.8 Å². The monoisotopic (exact) mass is 381 g/mol. The minimum atomic E-state index is -0.242. The van der Waals surface area contributed by atoms with E-state index in [4.69, 9.17) is 13.7 Å². The van der Waals surface area contributed by atoms with E-state index in [0.717, 1.165) is 16.8 Å². The van der Waals surface area contributed by atoms with Crippen molar-refractivity contribution in [1.82, 2.24) is 10.1 Å². The highest BCUT2D eigenvalue weighted by molar-refractivity contribution is 7.99. The number of nitrogens with zero attached hydrogens (tertiary/aromatic N) is 2. The fourth-order valence-electron chi connectivity index (χ4n) is 2.51. The molecular weight excluding hydrogens is 366 g/mol. The van der Waals surface area contributed by atoms with Crippen LogP contribution in [0.25, 0.3) is 22.2 Å². The van der Waals surface area contributed by atoms with Crippen LogP contribution >= 0.6 is 11.8 Å². The molecule has 2 heterocycles. The average Bonchev–Trinajstić information content (AvgIpc) is 3.33. The predicted molar refractivity (Wildman–Crippen MR) is 102 cm³/mol. The third-order valence-corrected chi connectivity index (χ3v) is 4.65.